The van der Waals surface area contributed by atoms with Gasteiger partial charge in [0.05, 0.1) is 13.2 Å². The Balaban J connectivity index is 1.74. The van der Waals surface area contributed by atoms with E-state index in [9.17, 15) is 13.2 Å². The zero-order chi connectivity index (χ0) is 21.0. The predicted molar refractivity (Wildman–Crippen MR) is 111 cm³/mol. The maximum atomic E-state index is 13.0. The largest absolute Gasteiger partial charge is 0.482 e. The molecule has 0 bridgehead atoms. The van der Waals surface area contributed by atoms with Crippen LogP contribution < -0.4 is 10.1 Å². The highest BCUT2D eigenvalue weighted by molar-refractivity contribution is 7.89. The number of rotatable bonds is 6. The molecule has 1 aliphatic heterocycles. The van der Waals surface area contributed by atoms with E-state index in [1.807, 2.05) is 32.0 Å². The monoisotopic (exact) mass is 438 g/mol. The first-order chi connectivity index (χ1) is 13.8. The third-order valence-corrected chi connectivity index (χ3v) is 6.51. The highest BCUT2D eigenvalue weighted by Gasteiger charge is 2.29. The van der Waals surface area contributed by atoms with E-state index in [1.54, 1.807) is 0 Å². The first kappa shape index (κ1) is 21.6. The fourth-order valence-corrected chi connectivity index (χ4v) is 4.92. The van der Waals surface area contributed by atoms with Crippen LogP contribution in [0.1, 0.15) is 11.1 Å². The lowest BCUT2D eigenvalue weighted by molar-refractivity contribution is -0.118. The number of morpholine rings is 1. The summed E-state index contributed by atoms with van der Waals surface area (Å²) in [5.41, 5.74) is 2.71. The first-order valence-electron chi connectivity index (χ1n) is 9.14. The Kier molecular flexibility index (Phi) is 6.79. The number of nitrogens with one attached hydrogen (secondary N) is 1. The Morgan fingerprint density at radius 1 is 1.14 bits per heavy atom. The second kappa shape index (κ2) is 9.13. The maximum Gasteiger partial charge on any atom is 0.262 e. The zero-order valence-corrected chi connectivity index (χ0v) is 17.8. The van der Waals surface area contributed by atoms with Gasteiger partial charge in [0.1, 0.15) is 10.6 Å². The number of anilines is 1. The van der Waals surface area contributed by atoms with Gasteiger partial charge in [-0.25, -0.2) is 8.42 Å². The molecule has 1 amide bonds. The van der Waals surface area contributed by atoms with Crippen LogP contribution in [0, 0.1) is 13.8 Å². The molecule has 29 heavy (non-hydrogen) atoms. The molecule has 156 valence electrons. The summed E-state index contributed by atoms with van der Waals surface area (Å²) in [6.07, 6.45) is 0. The molecule has 3 rings (SSSR count). The van der Waals surface area contributed by atoms with Crippen molar-refractivity contribution < 1.29 is 22.7 Å². The lowest BCUT2D eigenvalue weighted by Gasteiger charge is -2.26. The number of carbonyl (C=O) groups excluding carboxylic acids is 1. The summed E-state index contributed by atoms with van der Waals surface area (Å²) in [5.74, 6) is -0.309. The molecule has 0 saturated carbocycles. The van der Waals surface area contributed by atoms with Gasteiger partial charge >= 0.3 is 0 Å². The summed E-state index contributed by atoms with van der Waals surface area (Å²) >= 11 is 6.02. The number of hydrogen-bond donors (Lipinski definition) is 1. The standard InChI is InChI=1S/C20H23ClN2O5S/c1-14-9-15(2)11-17(10-14)22-20(24)13-28-18-4-3-16(21)12-19(18)29(25,26)23-5-7-27-8-6-23/h3-4,9-12H,5-8,13H2,1-2H3,(H,22,24). The van der Waals surface area contributed by atoms with Crippen molar-refractivity contribution in [2.45, 2.75) is 18.7 Å². The highest BCUT2D eigenvalue weighted by atomic mass is 35.5. The van der Waals surface area contributed by atoms with E-state index in [0.717, 1.165) is 11.1 Å². The molecule has 1 fully saturated rings. The van der Waals surface area contributed by atoms with Gasteiger partial charge in [0, 0.05) is 23.8 Å². The molecule has 0 aromatic heterocycles. The Bertz CT molecular complexity index is 984. The van der Waals surface area contributed by atoms with Crippen molar-refractivity contribution in [2.24, 2.45) is 0 Å². The zero-order valence-electron chi connectivity index (χ0n) is 16.3. The normalized spacial score (nSPS) is 15.1. The molecule has 0 unspecified atom stereocenters. The van der Waals surface area contributed by atoms with Crippen molar-refractivity contribution in [2.75, 3.05) is 38.2 Å². The van der Waals surface area contributed by atoms with Crippen LogP contribution in [0.25, 0.3) is 0 Å². The minimum atomic E-state index is -3.82. The van der Waals surface area contributed by atoms with E-state index < -0.39 is 10.0 Å². The van der Waals surface area contributed by atoms with E-state index in [4.69, 9.17) is 21.1 Å². The van der Waals surface area contributed by atoms with Crippen molar-refractivity contribution in [3.8, 4) is 5.75 Å². The van der Waals surface area contributed by atoms with Gasteiger partial charge in [0.25, 0.3) is 5.91 Å². The molecule has 2 aromatic rings. The number of nitrogens with zero attached hydrogens (tertiary/aromatic N) is 1. The van der Waals surface area contributed by atoms with Gasteiger partial charge in [0.15, 0.2) is 6.61 Å². The molecule has 2 aromatic carbocycles. The van der Waals surface area contributed by atoms with E-state index in [2.05, 4.69) is 5.32 Å². The van der Waals surface area contributed by atoms with E-state index in [-0.39, 0.29) is 41.3 Å². The van der Waals surface area contributed by atoms with Crippen LogP contribution in [0.5, 0.6) is 5.75 Å². The van der Waals surface area contributed by atoms with Crippen LogP contribution in [0.3, 0.4) is 0 Å². The van der Waals surface area contributed by atoms with Gasteiger partial charge in [-0.1, -0.05) is 17.7 Å². The maximum absolute atomic E-state index is 13.0. The van der Waals surface area contributed by atoms with Crippen LogP contribution in [-0.4, -0.2) is 51.5 Å². The summed E-state index contributed by atoms with van der Waals surface area (Å²) in [4.78, 5) is 12.2. The van der Waals surface area contributed by atoms with Gasteiger partial charge in [-0.3, -0.25) is 4.79 Å². The number of ether oxygens (including phenoxy) is 2. The van der Waals surface area contributed by atoms with Crippen LogP contribution in [0.2, 0.25) is 5.02 Å². The van der Waals surface area contributed by atoms with Crippen LogP contribution >= 0.6 is 11.6 Å². The van der Waals surface area contributed by atoms with Crippen molar-refractivity contribution in [1.29, 1.82) is 0 Å². The third kappa shape index (κ3) is 5.48. The number of aryl methyl sites for hydroxylation is 2. The number of sulfonamides is 1. The summed E-state index contributed by atoms with van der Waals surface area (Å²) in [6.45, 7) is 4.71. The van der Waals surface area contributed by atoms with E-state index >= 15 is 0 Å². The number of halogens is 1. The second-order valence-corrected chi connectivity index (χ2v) is 9.16. The van der Waals surface area contributed by atoms with Crippen molar-refractivity contribution in [1.82, 2.24) is 4.31 Å². The van der Waals surface area contributed by atoms with E-state index in [0.29, 0.717) is 18.9 Å². The van der Waals surface area contributed by atoms with Crippen LogP contribution in [-0.2, 0) is 19.6 Å². The number of hydrogen-bond acceptors (Lipinski definition) is 5. The first-order valence-corrected chi connectivity index (χ1v) is 11.0. The van der Waals surface area contributed by atoms with Gasteiger partial charge < -0.3 is 14.8 Å². The molecule has 9 heteroatoms. The molecular formula is C20H23ClN2O5S. The Morgan fingerprint density at radius 3 is 2.45 bits per heavy atom. The highest BCUT2D eigenvalue weighted by Crippen LogP contribution is 2.30. The molecule has 1 N–H and O–H groups in total. The molecule has 0 spiro atoms. The number of carbonyl (C=O) groups is 1. The average molecular weight is 439 g/mol. The SMILES string of the molecule is Cc1cc(C)cc(NC(=O)COc2ccc(Cl)cc2S(=O)(=O)N2CCOCC2)c1. The lowest BCUT2D eigenvalue weighted by Crippen LogP contribution is -2.40. The topological polar surface area (TPSA) is 84.9 Å². The lowest BCUT2D eigenvalue weighted by atomic mass is 10.1. The summed E-state index contributed by atoms with van der Waals surface area (Å²) in [6, 6.07) is 10.0. The molecule has 0 radical (unpaired) electrons. The quantitative estimate of drug-likeness (QED) is 0.749. The Hall–Kier alpha value is -2.13. The van der Waals surface area contributed by atoms with Gasteiger partial charge in [-0.2, -0.15) is 4.31 Å². The fraction of sp³-hybridized carbons (Fsp3) is 0.350. The van der Waals surface area contributed by atoms with Crippen molar-refractivity contribution in [3.63, 3.8) is 0 Å². The van der Waals surface area contributed by atoms with E-state index in [1.165, 1.54) is 22.5 Å². The molecule has 1 saturated heterocycles. The minimum Gasteiger partial charge on any atom is -0.482 e. The Morgan fingerprint density at radius 2 is 1.79 bits per heavy atom. The van der Waals surface area contributed by atoms with Crippen molar-refractivity contribution in [3.05, 3.63) is 52.5 Å². The van der Waals surface area contributed by atoms with Crippen LogP contribution in [0.4, 0.5) is 5.69 Å². The number of amides is 1. The molecule has 7 nitrogen and oxygen atoms in total. The molecular weight excluding hydrogens is 416 g/mol. The summed E-state index contributed by atoms with van der Waals surface area (Å²) in [7, 11) is -3.82. The minimum absolute atomic E-state index is 0.0638. The van der Waals surface area contributed by atoms with Gasteiger partial charge in [-0.15, -0.1) is 0 Å². The molecule has 1 heterocycles. The Labute approximate surface area is 175 Å². The fourth-order valence-electron chi connectivity index (χ4n) is 3.12. The molecule has 0 aliphatic carbocycles. The average Bonchev–Trinajstić information content (AvgIpc) is 2.67. The number of benzene rings is 2. The summed E-state index contributed by atoms with van der Waals surface area (Å²) < 4.78 is 38.1. The second-order valence-electron chi connectivity index (χ2n) is 6.82. The third-order valence-electron chi connectivity index (χ3n) is 4.36. The van der Waals surface area contributed by atoms with Gasteiger partial charge in [-0.05, 0) is 55.3 Å². The molecule has 0 atom stereocenters. The summed E-state index contributed by atoms with van der Waals surface area (Å²) in [5, 5.41) is 3.03. The van der Waals surface area contributed by atoms with Gasteiger partial charge in [0.2, 0.25) is 10.0 Å². The predicted octanol–water partition coefficient (Wildman–Crippen LogP) is 3.00. The molecule has 1 aliphatic rings. The smallest absolute Gasteiger partial charge is 0.262 e. The van der Waals surface area contributed by atoms with Crippen LogP contribution in [0.15, 0.2) is 41.3 Å². The van der Waals surface area contributed by atoms with Crippen molar-refractivity contribution >= 4 is 33.2 Å².